The maximum absolute atomic E-state index is 12.0. The second kappa shape index (κ2) is 6.99. The van der Waals surface area contributed by atoms with E-state index >= 15 is 0 Å². The minimum absolute atomic E-state index is 0. The predicted molar refractivity (Wildman–Crippen MR) is 83.0 cm³/mol. The monoisotopic (exact) mass is 311 g/mol. The molecule has 1 aromatic heterocycles. The fourth-order valence-corrected chi connectivity index (χ4v) is 1.93. The Labute approximate surface area is 129 Å². The molecule has 6 nitrogen and oxygen atoms in total. The van der Waals surface area contributed by atoms with Crippen molar-refractivity contribution < 1.29 is 14.1 Å². The molecular formula is C14H18ClN3O3. The van der Waals surface area contributed by atoms with E-state index in [4.69, 9.17) is 15.0 Å². The van der Waals surface area contributed by atoms with Gasteiger partial charge in [0.2, 0.25) is 5.91 Å². The van der Waals surface area contributed by atoms with Crippen LogP contribution in [0.3, 0.4) is 0 Å². The van der Waals surface area contributed by atoms with Gasteiger partial charge in [-0.15, -0.1) is 12.4 Å². The van der Waals surface area contributed by atoms with Gasteiger partial charge in [-0.3, -0.25) is 4.79 Å². The van der Waals surface area contributed by atoms with E-state index in [-0.39, 0.29) is 24.7 Å². The molecular weight excluding hydrogens is 294 g/mol. The number of carbonyl (C=O) groups is 1. The number of amides is 1. The van der Waals surface area contributed by atoms with E-state index in [2.05, 4.69) is 10.5 Å². The molecule has 0 aliphatic carbocycles. The predicted octanol–water partition coefficient (Wildman–Crippen LogP) is 2.49. The largest absolute Gasteiger partial charge is 0.495 e. The SMILES string of the molecule is COc1ccc(NC(=O)Cc2c(C)noc2C)cc1N.Cl. The first-order valence-electron chi connectivity index (χ1n) is 6.16. The van der Waals surface area contributed by atoms with Gasteiger partial charge in [-0.1, -0.05) is 5.16 Å². The first-order valence-corrected chi connectivity index (χ1v) is 6.16. The molecule has 0 unspecified atom stereocenters. The lowest BCUT2D eigenvalue weighted by molar-refractivity contribution is -0.115. The number of hydrogen-bond acceptors (Lipinski definition) is 5. The summed E-state index contributed by atoms with van der Waals surface area (Å²) in [5.41, 5.74) is 8.43. The van der Waals surface area contributed by atoms with Gasteiger partial charge in [-0.05, 0) is 32.0 Å². The van der Waals surface area contributed by atoms with Crippen molar-refractivity contribution in [1.82, 2.24) is 5.16 Å². The first-order chi connectivity index (χ1) is 9.51. The number of nitrogens with zero attached hydrogens (tertiary/aromatic N) is 1. The van der Waals surface area contributed by atoms with Crippen molar-refractivity contribution >= 4 is 29.7 Å². The summed E-state index contributed by atoms with van der Waals surface area (Å²) in [6.45, 7) is 3.60. The molecule has 114 valence electrons. The van der Waals surface area contributed by atoms with Crippen LogP contribution in [0.4, 0.5) is 11.4 Å². The lowest BCUT2D eigenvalue weighted by atomic mass is 10.1. The second-order valence-electron chi connectivity index (χ2n) is 4.48. The summed E-state index contributed by atoms with van der Waals surface area (Å²) in [6, 6.07) is 5.10. The number of nitrogens with two attached hydrogens (primary N) is 1. The van der Waals surface area contributed by atoms with Gasteiger partial charge in [0.25, 0.3) is 0 Å². The van der Waals surface area contributed by atoms with Crippen molar-refractivity contribution in [3.8, 4) is 5.75 Å². The Balaban J connectivity index is 0.00000220. The van der Waals surface area contributed by atoms with Crippen LogP contribution in [-0.2, 0) is 11.2 Å². The second-order valence-corrected chi connectivity index (χ2v) is 4.48. The number of halogens is 1. The molecule has 0 radical (unpaired) electrons. The fraction of sp³-hybridized carbons (Fsp3) is 0.286. The van der Waals surface area contributed by atoms with E-state index in [1.807, 2.05) is 6.92 Å². The molecule has 2 aromatic rings. The molecule has 2 rings (SSSR count). The number of aromatic nitrogens is 1. The van der Waals surface area contributed by atoms with Gasteiger partial charge in [-0.25, -0.2) is 0 Å². The summed E-state index contributed by atoms with van der Waals surface area (Å²) in [5.74, 6) is 1.09. The lowest BCUT2D eigenvalue weighted by Crippen LogP contribution is -2.15. The van der Waals surface area contributed by atoms with Crippen molar-refractivity contribution in [2.45, 2.75) is 20.3 Å². The molecule has 21 heavy (non-hydrogen) atoms. The molecule has 0 saturated carbocycles. The van der Waals surface area contributed by atoms with Crippen LogP contribution in [0.15, 0.2) is 22.7 Å². The van der Waals surface area contributed by atoms with Crippen molar-refractivity contribution in [3.63, 3.8) is 0 Å². The molecule has 0 spiro atoms. The number of nitrogens with one attached hydrogen (secondary N) is 1. The van der Waals surface area contributed by atoms with Crippen LogP contribution in [0, 0.1) is 13.8 Å². The Morgan fingerprint density at radius 3 is 2.67 bits per heavy atom. The maximum atomic E-state index is 12.0. The number of rotatable bonds is 4. The zero-order chi connectivity index (χ0) is 14.7. The van der Waals surface area contributed by atoms with Crippen LogP contribution in [0.1, 0.15) is 17.0 Å². The normalized spacial score (nSPS) is 9.86. The van der Waals surface area contributed by atoms with Crippen LogP contribution >= 0.6 is 12.4 Å². The lowest BCUT2D eigenvalue weighted by Gasteiger charge is -2.08. The van der Waals surface area contributed by atoms with E-state index in [9.17, 15) is 4.79 Å². The number of ether oxygens (including phenoxy) is 1. The Morgan fingerprint density at radius 1 is 1.43 bits per heavy atom. The Bertz CT molecular complexity index is 621. The van der Waals surface area contributed by atoms with Gasteiger partial charge in [-0.2, -0.15) is 0 Å². The molecule has 1 amide bonds. The zero-order valence-corrected chi connectivity index (χ0v) is 12.9. The molecule has 0 atom stereocenters. The van der Waals surface area contributed by atoms with Gasteiger partial charge >= 0.3 is 0 Å². The van der Waals surface area contributed by atoms with E-state index in [1.165, 1.54) is 0 Å². The summed E-state index contributed by atoms with van der Waals surface area (Å²) in [4.78, 5) is 12.0. The van der Waals surface area contributed by atoms with Gasteiger partial charge < -0.3 is 20.3 Å². The molecule has 0 bridgehead atoms. The van der Waals surface area contributed by atoms with Crippen LogP contribution in [0.5, 0.6) is 5.75 Å². The number of nitrogen functional groups attached to an aromatic ring is 1. The third-order valence-corrected chi connectivity index (χ3v) is 3.03. The van der Waals surface area contributed by atoms with E-state index in [1.54, 1.807) is 32.2 Å². The van der Waals surface area contributed by atoms with E-state index in [0.717, 1.165) is 11.3 Å². The molecule has 3 N–H and O–H groups in total. The van der Waals surface area contributed by atoms with Crippen LogP contribution < -0.4 is 15.8 Å². The molecule has 0 saturated heterocycles. The summed E-state index contributed by atoms with van der Waals surface area (Å²) >= 11 is 0. The average Bonchev–Trinajstić information content (AvgIpc) is 2.71. The van der Waals surface area contributed by atoms with Crippen LogP contribution in [0.2, 0.25) is 0 Å². The van der Waals surface area contributed by atoms with Crippen molar-refractivity contribution in [2.24, 2.45) is 0 Å². The highest BCUT2D eigenvalue weighted by molar-refractivity contribution is 5.93. The van der Waals surface area contributed by atoms with Gasteiger partial charge in [0.05, 0.1) is 24.9 Å². The number of benzene rings is 1. The van der Waals surface area contributed by atoms with Gasteiger partial charge in [0.15, 0.2) is 0 Å². The van der Waals surface area contributed by atoms with Gasteiger partial charge in [0.1, 0.15) is 11.5 Å². The average molecular weight is 312 g/mol. The summed E-state index contributed by atoms with van der Waals surface area (Å²) in [6.07, 6.45) is 0.215. The number of aryl methyl sites for hydroxylation is 2. The minimum Gasteiger partial charge on any atom is -0.495 e. The first kappa shape index (κ1) is 16.8. The molecule has 7 heteroatoms. The molecule has 1 heterocycles. The van der Waals surface area contributed by atoms with E-state index in [0.29, 0.717) is 22.9 Å². The number of carbonyl (C=O) groups excluding carboxylic acids is 1. The third kappa shape index (κ3) is 3.88. The topological polar surface area (TPSA) is 90.4 Å². The highest BCUT2D eigenvalue weighted by Gasteiger charge is 2.13. The maximum Gasteiger partial charge on any atom is 0.229 e. The highest BCUT2D eigenvalue weighted by atomic mass is 35.5. The van der Waals surface area contributed by atoms with Crippen molar-refractivity contribution in [1.29, 1.82) is 0 Å². The number of hydrogen-bond donors (Lipinski definition) is 2. The Morgan fingerprint density at radius 2 is 2.14 bits per heavy atom. The van der Waals surface area contributed by atoms with Crippen molar-refractivity contribution in [3.05, 3.63) is 35.2 Å². The standard InChI is InChI=1S/C14H17N3O3.ClH/c1-8-11(9(2)20-17-8)7-14(18)16-10-4-5-13(19-3)12(15)6-10;/h4-6H,7,15H2,1-3H3,(H,16,18);1H. The Hall–Kier alpha value is -2.21. The van der Waals surface area contributed by atoms with E-state index < -0.39 is 0 Å². The van der Waals surface area contributed by atoms with Gasteiger partial charge in [0, 0.05) is 11.3 Å². The molecule has 0 aliphatic heterocycles. The third-order valence-electron chi connectivity index (χ3n) is 3.03. The fourth-order valence-electron chi connectivity index (χ4n) is 1.93. The smallest absolute Gasteiger partial charge is 0.229 e. The zero-order valence-electron chi connectivity index (χ0n) is 12.1. The number of anilines is 2. The van der Waals surface area contributed by atoms with Crippen molar-refractivity contribution in [2.75, 3.05) is 18.2 Å². The number of methoxy groups -OCH3 is 1. The molecule has 0 fully saturated rings. The summed E-state index contributed by atoms with van der Waals surface area (Å²) in [5, 5.41) is 6.60. The molecule has 1 aromatic carbocycles. The summed E-state index contributed by atoms with van der Waals surface area (Å²) in [7, 11) is 1.54. The van der Waals surface area contributed by atoms with Crippen LogP contribution in [0.25, 0.3) is 0 Å². The molecule has 0 aliphatic rings. The highest BCUT2D eigenvalue weighted by Crippen LogP contribution is 2.24. The Kier molecular flexibility index (Phi) is 5.60. The quantitative estimate of drug-likeness (QED) is 0.847. The van der Waals surface area contributed by atoms with Crippen LogP contribution in [-0.4, -0.2) is 18.2 Å². The summed E-state index contributed by atoms with van der Waals surface area (Å²) < 4.78 is 10.1. The minimum atomic E-state index is -0.149.